The average Bonchev–Trinajstić information content (AvgIpc) is 2.47. The Kier molecular flexibility index (Phi) is 2.76. The fourth-order valence-corrected chi connectivity index (χ4v) is 2.17. The van der Waals surface area contributed by atoms with Crippen LogP contribution in [0.2, 0.25) is 0 Å². The Balaban J connectivity index is 2.06. The minimum absolute atomic E-state index is 0.199. The van der Waals surface area contributed by atoms with Gasteiger partial charge in [-0.05, 0) is 33.5 Å². The Bertz CT molecular complexity index is 743. The van der Waals surface area contributed by atoms with E-state index in [4.69, 9.17) is 0 Å². The lowest BCUT2D eigenvalue weighted by Crippen LogP contribution is -2.21. The Morgan fingerprint density at radius 3 is 2.05 bits per heavy atom. The first-order valence-electron chi connectivity index (χ1n) is 6.04. The number of carbonyl (C=O) groups is 1. The monoisotopic (exact) mass is 247 g/mol. The van der Waals surface area contributed by atoms with E-state index in [2.05, 4.69) is 24.3 Å². The fraction of sp³-hybridized carbons (Fsp3) is 0. The molecule has 19 heavy (non-hydrogen) atoms. The zero-order chi connectivity index (χ0) is 13.2. The van der Waals surface area contributed by atoms with Crippen LogP contribution in [0.4, 0.5) is 0 Å². The summed E-state index contributed by atoms with van der Waals surface area (Å²) in [5.41, 5.74) is 2.27. The van der Waals surface area contributed by atoms with Crippen molar-refractivity contribution in [1.82, 2.24) is 0 Å². The number of hydrogen-bond donors (Lipinski definition) is 0. The molecule has 0 saturated heterocycles. The summed E-state index contributed by atoms with van der Waals surface area (Å²) >= 11 is 0. The van der Waals surface area contributed by atoms with Crippen molar-refractivity contribution >= 4 is 16.7 Å². The SMILES string of the molecule is O=C([O-])c1ccc(-c2ccc3ccccc3c2)cc1. The first-order chi connectivity index (χ1) is 9.24. The molecule has 0 radical (unpaired) electrons. The van der Waals surface area contributed by atoms with Gasteiger partial charge in [0.1, 0.15) is 0 Å². The molecule has 2 heteroatoms. The van der Waals surface area contributed by atoms with Crippen LogP contribution in [0.25, 0.3) is 21.9 Å². The molecule has 0 N–H and O–H groups in total. The molecule has 3 aromatic carbocycles. The maximum Gasteiger partial charge on any atom is 0.0715 e. The van der Waals surface area contributed by atoms with E-state index in [1.54, 1.807) is 24.3 Å². The van der Waals surface area contributed by atoms with E-state index >= 15 is 0 Å². The van der Waals surface area contributed by atoms with Crippen LogP contribution in [-0.4, -0.2) is 5.97 Å². The summed E-state index contributed by atoms with van der Waals surface area (Å²) in [6.07, 6.45) is 0. The van der Waals surface area contributed by atoms with Gasteiger partial charge in [-0.1, -0.05) is 60.7 Å². The van der Waals surface area contributed by atoms with Crippen molar-refractivity contribution in [2.75, 3.05) is 0 Å². The molecule has 0 atom stereocenters. The minimum atomic E-state index is -1.15. The Morgan fingerprint density at radius 1 is 0.737 bits per heavy atom. The second-order valence-electron chi connectivity index (χ2n) is 4.43. The smallest absolute Gasteiger partial charge is 0.0715 e. The van der Waals surface area contributed by atoms with Gasteiger partial charge in [0.05, 0.1) is 5.97 Å². The number of carboxylic acid groups (broad SMARTS) is 1. The van der Waals surface area contributed by atoms with Crippen molar-refractivity contribution in [3.8, 4) is 11.1 Å². The Morgan fingerprint density at radius 2 is 1.37 bits per heavy atom. The van der Waals surface area contributed by atoms with Crippen LogP contribution in [0.15, 0.2) is 66.7 Å². The van der Waals surface area contributed by atoms with Gasteiger partial charge in [-0.2, -0.15) is 0 Å². The van der Waals surface area contributed by atoms with E-state index < -0.39 is 5.97 Å². The van der Waals surface area contributed by atoms with E-state index in [-0.39, 0.29) is 5.56 Å². The van der Waals surface area contributed by atoms with Gasteiger partial charge in [0.25, 0.3) is 0 Å². The van der Waals surface area contributed by atoms with Crippen molar-refractivity contribution in [2.45, 2.75) is 0 Å². The highest BCUT2D eigenvalue weighted by Gasteiger charge is 2.00. The highest BCUT2D eigenvalue weighted by molar-refractivity contribution is 5.89. The molecule has 3 rings (SSSR count). The maximum atomic E-state index is 10.7. The van der Waals surface area contributed by atoms with E-state index in [0.29, 0.717) is 0 Å². The molecule has 0 spiro atoms. The summed E-state index contributed by atoms with van der Waals surface area (Å²) < 4.78 is 0. The molecule has 0 saturated carbocycles. The molecule has 0 unspecified atom stereocenters. The Hall–Kier alpha value is -2.61. The third kappa shape index (κ3) is 2.20. The summed E-state index contributed by atoms with van der Waals surface area (Å²) in [7, 11) is 0. The molecule has 0 bridgehead atoms. The highest BCUT2D eigenvalue weighted by Crippen LogP contribution is 2.24. The Labute approximate surface area is 110 Å². The molecular weight excluding hydrogens is 236 g/mol. The number of rotatable bonds is 2. The summed E-state index contributed by atoms with van der Waals surface area (Å²) in [6, 6.07) is 21.1. The van der Waals surface area contributed by atoms with Crippen LogP contribution < -0.4 is 5.11 Å². The maximum absolute atomic E-state index is 10.7. The molecule has 0 aromatic heterocycles. The summed E-state index contributed by atoms with van der Waals surface area (Å²) in [4.78, 5) is 10.7. The zero-order valence-electron chi connectivity index (χ0n) is 10.2. The lowest BCUT2D eigenvalue weighted by atomic mass is 10.0. The van der Waals surface area contributed by atoms with Gasteiger partial charge in [-0.3, -0.25) is 0 Å². The second-order valence-corrected chi connectivity index (χ2v) is 4.43. The van der Waals surface area contributed by atoms with Gasteiger partial charge in [0, 0.05) is 0 Å². The van der Waals surface area contributed by atoms with Crippen molar-refractivity contribution in [2.24, 2.45) is 0 Å². The average molecular weight is 247 g/mol. The summed E-state index contributed by atoms with van der Waals surface area (Å²) in [5.74, 6) is -1.15. The number of aromatic carboxylic acids is 1. The zero-order valence-corrected chi connectivity index (χ0v) is 10.2. The van der Waals surface area contributed by atoms with Gasteiger partial charge in [0.2, 0.25) is 0 Å². The van der Waals surface area contributed by atoms with Crippen molar-refractivity contribution in [3.05, 3.63) is 72.3 Å². The first kappa shape index (κ1) is 11.5. The summed E-state index contributed by atoms with van der Waals surface area (Å²) in [5, 5.41) is 13.1. The summed E-state index contributed by atoms with van der Waals surface area (Å²) in [6.45, 7) is 0. The molecule has 0 aliphatic rings. The second kappa shape index (κ2) is 4.58. The van der Waals surface area contributed by atoms with Gasteiger partial charge in [0.15, 0.2) is 0 Å². The van der Waals surface area contributed by atoms with Gasteiger partial charge >= 0.3 is 0 Å². The van der Waals surface area contributed by atoms with Crippen LogP contribution >= 0.6 is 0 Å². The van der Waals surface area contributed by atoms with Crippen molar-refractivity contribution in [1.29, 1.82) is 0 Å². The molecular formula is C17H11O2-. The molecule has 2 nitrogen and oxygen atoms in total. The van der Waals surface area contributed by atoms with Crippen LogP contribution in [-0.2, 0) is 0 Å². The lowest BCUT2D eigenvalue weighted by molar-refractivity contribution is -0.255. The number of benzene rings is 3. The van der Waals surface area contributed by atoms with Crippen molar-refractivity contribution < 1.29 is 9.90 Å². The predicted molar refractivity (Wildman–Crippen MR) is 73.7 cm³/mol. The van der Waals surface area contributed by atoms with E-state index in [0.717, 1.165) is 11.1 Å². The van der Waals surface area contributed by atoms with E-state index in [1.165, 1.54) is 10.8 Å². The van der Waals surface area contributed by atoms with E-state index in [1.807, 2.05) is 18.2 Å². The molecule has 0 aliphatic carbocycles. The third-order valence-electron chi connectivity index (χ3n) is 3.20. The van der Waals surface area contributed by atoms with Gasteiger partial charge in [-0.25, -0.2) is 0 Å². The fourth-order valence-electron chi connectivity index (χ4n) is 2.17. The molecule has 3 aromatic rings. The molecule has 0 fully saturated rings. The largest absolute Gasteiger partial charge is 0.545 e. The molecule has 0 amide bonds. The van der Waals surface area contributed by atoms with Crippen LogP contribution in [0, 0.1) is 0 Å². The van der Waals surface area contributed by atoms with E-state index in [9.17, 15) is 9.90 Å². The lowest BCUT2D eigenvalue weighted by Gasteiger charge is -2.06. The third-order valence-corrected chi connectivity index (χ3v) is 3.20. The van der Waals surface area contributed by atoms with Crippen molar-refractivity contribution in [3.63, 3.8) is 0 Å². The first-order valence-corrected chi connectivity index (χ1v) is 6.04. The standard InChI is InChI=1S/C17H12O2/c18-17(19)14-8-5-13(6-9-14)16-10-7-12-3-1-2-4-15(12)11-16/h1-11H,(H,18,19)/p-1. The number of hydrogen-bond acceptors (Lipinski definition) is 2. The normalized spacial score (nSPS) is 10.5. The van der Waals surface area contributed by atoms with Gasteiger partial charge < -0.3 is 9.90 Å². The highest BCUT2D eigenvalue weighted by atomic mass is 16.4. The molecule has 0 heterocycles. The molecule has 92 valence electrons. The number of carbonyl (C=O) groups excluding carboxylic acids is 1. The predicted octanol–water partition coefficient (Wildman–Crippen LogP) is 2.87. The quantitative estimate of drug-likeness (QED) is 0.698. The van der Waals surface area contributed by atoms with Crippen LogP contribution in [0.3, 0.4) is 0 Å². The van der Waals surface area contributed by atoms with Crippen LogP contribution in [0.5, 0.6) is 0 Å². The molecule has 0 aliphatic heterocycles. The number of carboxylic acids is 1. The minimum Gasteiger partial charge on any atom is -0.545 e. The van der Waals surface area contributed by atoms with Gasteiger partial charge in [-0.15, -0.1) is 0 Å². The number of fused-ring (bicyclic) bond motifs is 1. The van der Waals surface area contributed by atoms with Crippen LogP contribution in [0.1, 0.15) is 10.4 Å². The topological polar surface area (TPSA) is 40.1 Å².